The van der Waals surface area contributed by atoms with Gasteiger partial charge in [-0.15, -0.1) is 0 Å². The van der Waals surface area contributed by atoms with Crippen LogP contribution in [0.2, 0.25) is 10.0 Å². The first-order valence-electron chi connectivity index (χ1n) is 12.8. The number of primary amides is 1. The molecular formula is C26H30Cl2N8O2. The highest BCUT2D eigenvalue weighted by Gasteiger charge is 2.38. The molecule has 2 atom stereocenters. The van der Waals surface area contributed by atoms with Gasteiger partial charge in [0.1, 0.15) is 5.52 Å². The lowest BCUT2D eigenvalue weighted by atomic mass is 9.73. The summed E-state index contributed by atoms with van der Waals surface area (Å²) in [6.45, 7) is 1.91. The highest BCUT2D eigenvalue weighted by atomic mass is 35.5. The fraction of sp³-hybridized carbons (Fsp3) is 0.500. The predicted molar refractivity (Wildman–Crippen MR) is 146 cm³/mol. The van der Waals surface area contributed by atoms with E-state index in [0.29, 0.717) is 76.5 Å². The second-order valence-electron chi connectivity index (χ2n) is 10.6. The van der Waals surface area contributed by atoms with E-state index in [-0.39, 0.29) is 24.1 Å². The Morgan fingerprint density at radius 2 is 1.92 bits per heavy atom. The molecule has 2 fully saturated rings. The number of carbonyl (C=O) groups excluding carboxylic acids is 1. The molecule has 2 aliphatic rings. The zero-order chi connectivity index (χ0) is 27.0. The van der Waals surface area contributed by atoms with Crippen molar-refractivity contribution in [1.29, 1.82) is 5.26 Å². The van der Waals surface area contributed by atoms with Crippen molar-refractivity contribution in [2.24, 2.45) is 11.1 Å². The number of hydrogen-bond donors (Lipinski definition) is 4. The molecule has 12 heteroatoms. The molecule has 0 unspecified atom stereocenters. The zero-order valence-electron chi connectivity index (χ0n) is 21.0. The maximum absolute atomic E-state index is 12.1. The number of benzene rings is 1. The summed E-state index contributed by atoms with van der Waals surface area (Å²) >= 11 is 12.9. The molecule has 5 N–H and O–H groups in total. The molecule has 0 bridgehead atoms. The van der Waals surface area contributed by atoms with Crippen molar-refractivity contribution in [3.63, 3.8) is 0 Å². The number of aromatic nitrogens is 4. The van der Waals surface area contributed by atoms with E-state index in [1.165, 1.54) is 0 Å². The Bertz CT molecular complexity index is 1390. The third-order valence-corrected chi connectivity index (χ3v) is 8.44. The first kappa shape index (κ1) is 26.5. The molecule has 2 aromatic heterocycles. The highest BCUT2D eigenvalue weighted by molar-refractivity contribution is 6.39. The molecule has 2 saturated carbocycles. The van der Waals surface area contributed by atoms with Crippen LogP contribution in [0.4, 0.5) is 17.6 Å². The second kappa shape index (κ2) is 10.6. The summed E-state index contributed by atoms with van der Waals surface area (Å²) in [4.78, 5) is 26.1. The number of aliphatic hydroxyl groups excluding tert-OH is 1. The van der Waals surface area contributed by atoms with Gasteiger partial charge < -0.3 is 21.5 Å². The van der Waals surface area contributed by atoms with Crippen LogP contribution >= 0.6 is 23.2 Å². The Morgan fingerprint density at radius 3 is 2.55 bits per heavy atom. The predicted octanol–water partition coefficient (Wildman–Crippen LogP) is 5.07. The molecule has 1 aromatic carbocycles. The summed E-state index contributed by atoms with van der Waals surface area (Å²) in [7, 11) is 0. The van der Waals surface area contributed by atoms with Crippen molar-refractivity contribution < 1.29 is 9.90 Å². The minimum Gasteiger partial charge on any atom is -0.393 e. The van der Waals surface area contributed by atoms with Crippen LogP contribution in [-0.2, 0) is 4.79 Å². The summed E-state index contributed by atoms with van der Waals surface area (Å²) in [5.74, 6) is 0.668. The van der Waals surface area contributed by atoms with Crippen LogP contribution in [0.15, 0.2) is 18.3 Å². The summed E-state index contributed by atoms with van der Waals surface area (Å²) in [6, 6.07) is 5.22. The standard InChI is InChI=1S/C26H30Cl2N8O2/c1-26(23(30)38)7-5-16(6-8-26)36-22-20(13-31-24(35-22)32-15-3-2-4-17(37)11-15)33-25(36)34-21-18(27)9-14(12-29)10-19(21)28/h9-10,13,15-17,37H,2-8,11H2,1H3,(H2,30,38)(H,33,34)(H,31,32,35)/t15-,16?,17-,26?/m0/s1. The van der Waals surface area contributed by atoms with Crippen molar-refractivity contribution in [2.75, 3.05) is 10.6 Å². The van der Waals surface area contributed by atoms with Gasteiger partial charge in [0, 0.05) is 17.5 Å². The molecule has 0 saturated heterocycles. The number of nitrogens with one attached hydrogen (secondary N) is 2. The molecule has 0 spiro atoms. The van der Waals surface area contributed by atoms with Crippen LogP contribution in [0.1, 0.15) is 69.9 Å². The van der Waals surface area contributed by atoms with E-state index in [9.17, 15) is 15.2 Å². The van der Waals surface area contributed by atoms with E-state index in [1.54, 1.807) is 18.3 Å². The number of rotatable bonds is 6. The van der Waals surface area contributed by atoms with Crippen LogP contribution in [0.3, 0.4) is 0 Å². The third kappa shape index (κ3) is 5.23. The number of anilines is 3. The largest absolute Gasteiger partial charge is 0.393 e. The number of carbonyl (C=O) groups is 1. The lowest BCUT2D eigenvalue weighted by Crippen LogP contribution is -2.38. The molecule has 200 valence electrons. The number of nitriles is 1. The molecule has 0 radical (unpaired) electrons. The molecule has 10 nitrogen and oxygen atoms in total. The quantitative estimate of drug-likeness (QED) is 0.328. The van der Waals surface area contributed by atoms with Crippen molar-refractivity contribution in [3.8, 4) is 6.07 Å². The van der Waals surface area contributed by atoms with Crippen LogP contribution in [0.25, 0.3) is 11.2 Å². The van der Waals surface area contributed by atoms with Crippen molar-refractivity contribution in [2.45, 2.75) is 76.5 Å². The zero-order valence-corrected chi connectivity index (χ0v) is 22.6. The number of hydrogen-bond acceptors (Lipinski definition) is 8. The molecule has 0 aliphatic heterocycles. The van der Waals surface area contributed by atoms with Gasteiger partial charge in [-0.05, 0) is 63.5 Å². The van der Waals surface area contributed by atoms with E-state index in [2.05, 4.69) is 15.6 Å². The fourth-order valence-corrected chi connectivity index (χ4v) is 6.07. The summed E-state index contributed by atoms with van der Waals surface area (Å²) < 4.78 is 2.02. The van der Waals surface area contributed by atoms with Gasteiger partial charge in [-0.2, -0.15) is 10.2 Å². The van der Waals surface area contributed by atoms with Crippen LogP contribution < -0.4 is 16.4 Å². The maximum atomic E-state index is 12.1. The molecule has 38 heavy (non-hydrogen) atoms. The van der Waals surface area contributed by atoms with Crippen molar-refractivity contribution >= 4 is 57.9 Å². The van der Waals surface area contributed by atoms with Gasteiger partial charge in [-0.3, -0.25) is 9.36 Å². The minimum absolute atomic E-state index is 0.00916. The molecular weight excluding hydrogens is 527 g/mol. The topological polar surface area (TPSA) is 155 Å². The van der Waals surface area contributed by atoms with E-state index in [4.69, 9.17) is 38.9 Å². The minimum atomic E-state index is -0.552. The smallest absolute Gasteiger partial charge is 0.224 e. The monoisotopic (exact) mass is 556 g/mol. The Kier molecular flexibility index (Phi) is 7.36. The maximum Gasteiger partial charge on any atom is 0.224 e. The summed E-state index contributed by atoms with van der Waals surface area (Å²) in [6.07, 6.45) is 7.38. The Balaban J connectivity index is 1.53. The number of imidazole rings is 1. The number of amides is 1. The molecule has 2 heterocycles. The van der Waals surface area contributed by atoms with Crippen molar-refractivity contribution in [1.82, 2.24) is 19.5 Å². The van der Waals surface area contributed by atoms with Gasteiger partial charge in [0.25, 0.3) is 0 Å². The lowest BCUT2D eigenvalue weighted by Gasteiger charge is -2.35. The highest BCUT2D eigenvalue weighted by Crippen LogP contribution is 2.43. The molecule has 2 aliphatic carbocycles. The van der Waals surface area contributed by atoms with E-state index in [1.807, 2.05) is 17.6 Å². The van der Waals surface area contributed by atoms with E-state index in [0.717, 1.165) is 19.3 Å². The lowest BCUT2D eigenvalue weighted by molar-refractivity contribution is -0.128. The second-order valence-corrected chi connectivity index (χ2v) is 11.4. The van der Waals surface area contributed by atoms with Gasteiger partial charge >= 0.3 is 0 Å². The Morgan fingerprint density at radius 1 is 1.21 bits per heavy atom. The molecule has 1 amide bonds. The van der Waals surface area contributed by atoms with E-state index < -0.39 is 5.41 Å². The van der Waals surface area contributed by atoms with Gasteiger partial charge in [0.15, 0.2) is 5.65 Å². The van der Waals surface area contributed by atoms with Crippen LogP contribution in [-0.4, -0.2) is 42.7 Å². The first-order chi connectivity index (χ1) is 18.2. The normalized spacial score (nSPS) is 25.6. The van der Waals surface area contributed by atoms with Gasteiger partial charge in [0.2, 0.25) is 17.8 Å². The number of fused-ring (bicyclic) bond motifs is 1. The van der Waals surface area contributed by atoms with Gasteiger partial charge in [-0.25, -0.2) is 9.97 Å². The summed E-state index contributed by atoms with van der Waals surface area (Å²) in [5, 5.41) is 26.5. The Labute approximate surface area is 230 Å². The van der Waals surface area contributed by atoms with Crippen LogP contribution in [0, 0.1) is 16.7 Å². The number of nitrogens with zero attached hydrogens (tertiary/aromatic N) is 5. The average molecular weight is 557 g/mol. The first-order valence-corrected chi connectivity index (χ1v) is 13.6. The SMILES string of the molecule is CC1(C(N)=O)CCC(n2c(Nc3c(Cl)cc(C#N)cc3Cl)nc3cnc(N[C@H]4CCC[C@H](O)C4)nc32)CC1. The molecule has 3 aromatic rings. The van der Waals surface area contributed by atoms with E-state index >= 15 is 0 Å². The summed E-state index contributed by atoms with van der Waals surface area (Å²) in [5.41, 5.74) is 7.15. The van der Waals surface area contributed by atoms with Gasteiger partial charge in [-0.1, -0.05) is 30.1 Å². The Hall–Kier alpha value is -3.13. The van der Waals surface area contributed by atoms with Gasteiger partial charge in [0.05, 0.1) is 39.7 Å². The number of nitrogens with two attached hydrogens (primary N) is 1. The van der Waals surface area contributed by atoms with Crippen molar-refractivity contribution in [3.05, 3.63) is 33.9 Å². The third-order valence-electron chi connectivity index (χ3n) is 7.84. The average Bonchev–Trinajstić information content (AvgIpc) is 3.23. The fourth-order valence-electron chi connectivity index (χ4n) is 5.49. The van der Waals surface area contributed by atoms with Crippen LogP contribution in [0.5, 0.6) is 0 Å². The number of halogens is 2. The molecule has 5 rings (SSSR count). The number of aliphatic hydroxyl groups is 1.